The van der Waals surface area contributed by atoms with Crippen molar-refractivity contribution in [1.29, 1.82) is 0 Å². The first-order chi connectivity index (χ1) is 10.1. The fourth-order valence-corrected chi connectivity index (χ4v) is 3.84. The van der Waals surface area contributed by atoms with E-state index in [0.29, 0.717) is 0 Å². The number of fused-ring (bicyclic) bond motifs is 1. The van der Waals surface area contributed by atoms with Crippen LogP contribution in [0.5, 0.6) is 5.75 Å². The average Bonchev–Trinajstić information content (AvgIpc) is 2.96. The molecule has 1 aliphatic rings. The van der Waals surface area contributed by atoms with Gasteiger partial charge in [0.25, 0.3) is 0 Å². The lowest BCUT2D eigenvalue weighted by Gasteiger charge is -2.38. The smallest absolute Gasteiger partial charge is 0.125 e. The first-order valence-corrected chi connectivity index (χ1v) is 8.34. The molecule has 1 aromatic carbocycles. The summed E-state index contributed by atoms with van der Waals surface area (Å²) in [5, 5.41) is 0. The van der Waals surface area contributed by atoms with E-state index in [9.17, 15) is 0 Å². The van der Waals surface area contributed by atoms with Gasteiger partial charge < -0.3 is 9.47 Å². The minimum absolute atomic E-state index is 0.0418. The van der Waals surface area contributed by atoms with Gasteiger partial charge in [-0.25, -0.2) is 0 Å². The predicted octanol–water partition coefficient (Wildman–Crippen LogP) is 2.96. The largest absolute Gasteiger partial charge is 0.493 e. The maximum Gasteiger partial charge on any atom is 0.125 e. The van der Waals surface area contributed by atoms with Crippen molar-refractivity contribution in [3.8, 4) is 5.75 Å². The summed E-state index contributed by atoms with van der Waals surface area (Å²) in [6, 6.07) is 4.31. The number of hydrogen-bond donors (Lipinski definition) is 2. The van der Waals surface area contributed by atoms with Crippen LogP contribution in [0.15, 0.2) is 16.6 Å². The molecule has 0 radical (unpaired) electrons. The Morgan fingerprint density at radius 1 is 1.43 bits per heavy atom. The first-order valence-electron chi connectivity index (χ1n) is 7.55. The molecule has 0 spiro atoms. The van der Waals surface area contributed by atoms with Crippen LogP contribution in [0.3, 0.4) is 0 Å². The quantitative estimate of drug-likeness (QED) is 0.582. The topological polar surface area (TPSA) is 56.5 Å². The highest BCUT2D eigenvalue weighted by Crippen LogP contribution is 2.35. The molecule has 1 aliphatic heterocycles. The molecule has 21 heavy (non-hydrogen) atoms. The molecule has 1 atom stereocenters. The van der Waals surface area contributed by atoms with E-state index in [1.165, 1.54) is 11.1 Å². The average molecular weight is 357 g/mol. The van der Waals surface area contributed by atoms with E-state index in [0.717, 1.165) is 42.5 Å². The van der Waals surface area contributed by atoms with Crippen molar-refractivity contribution < 1.29 is 9.47 Å². The molecule has 0 fully saturated rings. The second-order valence-electron chi connectivity index (χ2n) is 5.55. The van der Waals surface area contributed by atoms with Crippen LogP contribution in [0, 0.1) is 0 Å². The third-order valence-electron chi connectivity index (χ3n) is 4.69. The Morgan fingerprint density at radius 2 is 2.14 bits per heavy atom. The van der Waals surface area contributed by atoms with Crippen LogP contribution in [0.25, 0.3) is 0 Å². The van der Waals surface area contributed by atoms with Gasteiger partial charge in [-0.1, -0.05) is 29.8 Å². The van der Waals surface area contributed by atoms with Crippen LogP contribution in [0.1, 0.15) is 37.8 Å². The molecule has 4 nitrogen and oxygen atoms in total. The number of methoxy groups -OCH3 is 1. The lowest BCUT2D eigenvalue weighted by molar-refractivity contribution is -0.0473. The highest BCUT2D eigenvalue weighted by atomic mass is 79.9. The van der Waals surface area contributed by atoms with E-state index in [4.69, 9.17) is 15.3 Å². The molecule has 0 saturated heterocycles. The van der Waals surface area contributed by atoms with Gasteiger partial charge in [-0.3, -0.25) is 11.3 Å². The Hall–Kier alpha value is -0.620. The van der Waals surface area contributed by atoms with Gasteiger partial charge in [-0.15, -0.1) is 0 Å². The number of hydrogen-bond acceptors (Lipinski definition) is 4. The Labute approximate surface area is 135 Å². The van der Waals surface area contributed by atoms with Crippen molar-refractivity contribution in [1.82, 2.24) is 5.43 Å². The van der Waals surface area contributed by atoms with Crippen LogP contribution in [0.2, 0.25) is 0 Å². The van der Waals surface area contributed by atoms with Crippen molar-refractivity contribution in [2.24, 2.45) is 5.84 Å². The summed E-state index contributed by atoms with van der Waals surface area (Å²) in [5.74, 6) is 6.86. The maximum atomic E-state index is 5.83. The third-order valence-corrected chi connectivity index (χ3v) is 5.15. The molecule has 1 unspecified atom stereocenters. The molecule has 1 heterocycles. The maximum absolute atomic E-state index is 5.83. The number of ether oxygens (including phenoxy) is 2. The van der Waals surface area contributed by atoms with Crippen molar-refractivity contribution in [2.75, 3.05) is 13.7 Å². The highest BCUT2D eigenvalue weighted by molar-refractivity contribution is 9.10. The fourth-order valence-electron chi connectivity index (χ4n) is 3.29. The number of halogens is 1. The Kier molecular flexibility index (Phi) is 5.66. The molecular formula is C16H25BrN2O2. The molecule has 0 bridgehead atoms. The van der Waals surface area contributed by atoms with Gasteiger partial charge in [0.1, 0.15) is 5.75 Å². The van der Waals surface area contributed by atoms with E-state index < -0.39 is 0 Å². The van der Waals surface area contributed by atoms with Crippen molar-refractivity contribution in [3.05, 3.63) is 27.7 Å². The summed E-state index contributed by atoms with van der Waals surface area (Å²) < 4.78 is 12.7. The summed E-state index contributed by atoms with van der Waals surface area (Å²) in [6.07, 6.45) is 3.57. The van der Waals surface area contributed by atoms with Crippen molar-refractivity contribution >= 4 is 15.9 Å². The highest BCUT2D eigenvalue weighted by Gasteiger charge is 2.36. The van der Waals surface area contributed by atoms with E-state index >= 15 is 0 Å². The molecule has 0 amide bonds. The van der Waals surface area contributed by atoms with Gasteiger partial charge in [0.05, 0.1) is 18.2 Å². The fraction of sp³-hybridized carbons (Fsp3) is 0.625. The monoisotopic (exact) mass is 356 g/mol. The molecule has 5 heteroatoms. The number of rotatable bonds is 7. The third kappa shape index (κ3) is 3.26. The van der Waals surface area contributed by atoms with Crippen LogP contribution in [0.4, 0.5) is 0 Å². The molecular weight excluding hydrogens is 332 g/mol. The Balaban J connectivity index is 2.31. The first kappa shape index (κ1) is 16.7. The molecule has 0 saturated carbocycles. The van der Waals surface area contributed by atoms with Crippen LogP contribution < -0.4 is 16.0 Å². The Bertz CT molecular complexity index is 481. The van der Waals surface area contributed by atoms with Crippen molar-refractivity contribution in [3.63, 3.8) is 0 Å². The minimum Gasteiger partial charge on any atom is -0.493 e. The van der Waals surface area contributed by atoms with Gasteiger partial charge in [-0.2, -0.15) is 0 Å². The second kappa shape index (κ2) is 7.09. The molecule has 0 aromatic heterocycles. The predicted molar refractivity (Wildman–Crippen MR) is 88.5 cm³/mol. The lowest BCUT2D eigenvalue weighted by Crippen LogP contribution is -2.55. The number of nitrogens with two attached hydrogens (primary N) is 1. The second-order valence-corrected chi connectivity index (χ2v) is 6.47. The van der Waals surface area contributed by atoms with Gasteiger partial charge >= 0.3 is 0 Å². The number of hydrazine groups is 1. The SMILES string of the molecule is CCC(CC)(OC)C(Cc1cc(Br)cc2c1OCC2)NN. The summed E-state index contributed by atoms with van der Waals surface area (Å²) >= 11 is 3.59. The van der Waals surface area contributed by atoms with Gasteiger partial charge in [-0.05, 0) is 42.5 Å². The van der Waals surface area contributed by atoms with E-state index in [1.54, 1.807) is 7.11 Å². The zero-order valence-corrected chi connectivity index (χ0v) is 14.6. The zero-order chi connectivity index (χ0) is 15.5. The van der Waals surface area contributed by atoms with E-state index in [1.807, 2.05) is 0 Å². The van der Waals surface area contributed by atoms with Crippen LogP contribution in [-0.4, -0.2) is 25.4 Å². The standard InChI is InChI=1S/C16H25BrN2O2/c1-4-16(5-2,20-3)14(19-18)10-12-9-13(17)8-11-6-7-21-15(11)12/h8-9,14,19H,4-7,10,18H2,1-3H3. The number of benzene rings is 1. The molecule has 118 valence electrons. The molecule has 1 aromatic rings. The normalized spacial score (nSPS) is 15.7. The Morgan fingerprint density at radius 3 is 2.71 bits per heavy atom. The van der Waals surface area contributed by atoms with Crippen LogP contribution >= 0.6 is 15.9 Å². The lowest BCUT2D eigenvalue weighted by atomic mass is 9.84. The van der Waals surface area contributed by atoms with Gasteiger partial charge in [0.2, 0.25) is 0 Å². The summed E-state index contributed by atoms with van der Waals surface area (Å²) in [6.45, 7) is 5.04. The van der Waals surface area contributed by atoms with Gasteiger partial charge in [0.15, 0.2) is 0 Å². The summed E-state index contributed by atoms with van der Waals surface area (Å²) in [7, 11) is 1.76. The molecule has 3 N–H and O–H groups in total. The zero-order valence-electron chi connectivity index (χ0n) is 13.0. The summed E-state index contributed by atoms with van der Waals surface area (Å²) in [5.41, 5.74) is 5.15. The van der Waals surface area contributed by atoms with E-state index in [-0.39, 0.29) is 11.6 Å². The van der Waals surface area contributed by atoms with Crippen LogP contribution in [-0.2, 0) is 17.6 Å². The van der Waals surface area contributed by atoms with Gasteiger partial charge in [0, 0.05) is 18.0 Å². The molecule has 0 aliphatic carbocycles. The van der Waals surface area contributed by atoms with Crippen molar-refractivity contribution in [2.45, 2.75) is 51.2 Å². The molecule has 2 rings (SSSR count). The van der Waals surface area contributed by atoms with E-state index in [2.05, 4.69) is 47.3 Å². The summed E-state index contributed by atoms with van der Waals surface area (Å²) in [4.78, 5) is 0. The minimum atomic E-state index is -0.261. The number of nitrogens with one attached hydrogen (secondary N) is 1.